The van der Waals surface area contributed by atoms with Gasteiger partial charge in [0.15, 0.2) is 0 Å². The number of amidine groups is 1. The molecule has 0 saturated carbocycles. The topological polar surface area (TPSA) is 47.6 Å². The number of aliphatic imine (C=N–C) groups is 1. The van der Waals surface area contributed by atoms with Gasteiger partial charge < -0.3 is 10.5 Å². The van der Waals surface area contributed by atoms with Crippen molar-refractivity contribution < 1.29 is 4.74 Å². The third-order valence-electron chi connectivity index (χ3n) is 2.53. The standard InChI is InChI=1S/C12H21ClN2O/c1-6-8(2)11(13)9(3)10(7-16-5)12(14)15-4/h6-7H2,1-5H3,(H2,14,15)/b10-9-,11-8-. The zero-order valence-electron chi connectivity index (χ0n) is 10.7. The molecule has 4 heteroatoms. The number of ether oxygens (including phenoxy) is 1. The summed E-state index contributed by atoms with van der Waals surface area (Å²) >= 11 is 6.27. The lowest BCUT2D eigenvalue weighted by Gasteiger charge is -2.12. The van der Waals surface area contributed by atoms with Crippen LogP contribution in [0.15, 0.2) is 26.7 Å². The van der Waals surface area contributed by atoms with E-state index in [1.54, 1.807) is 14.2 Å². The highest BCUT2D eigenvalue weighted by Crippen LogP contribution is 2.24. The Morgan fingerprint density at radius 2 is 1.94 bits per heavy atom. The maximum atomic E-state index is 6.27. The number of hydrogen-bond acceptors (Lipinski definition) is 2. The van der Waals surface area contributed by atoms with Crippen molar-refractivity contribution in [2.24, 2.45) is 10.7 Å². The molecule has 0 fully saturated rings. The van der Waals surface area contributed by atoms with Crippen LogP contribution < -0.4 is 5.73 Å². The molecule has 0 heterocycles. The van der Waals surface area contributed by atoms with Crippen LogP contribution in [0.25, 0.3) is 0 Å². The summed E-state index contributed by atoms with van der Waals surface area (Å²) in [4.78, 5) is 3.97. The Bertz CT molecular complexity index is 330. The van der Waals surface area contributed by atoms with E-state index in [2.05, 4.69) is 11.9 Å². The normalized spacial score (nSPS) is 15.8. The van der Waals surface area contributed by atoms with Gasteiger partial charge in [-0.05, 0) is 25.8 Å². The largest absolute Gasteiger partial charge is 0.384 e. The highest BCUT2D eigenvalue weighted by atomic mass is 35.5. The van der Waals surface area contributed by atoms with Gasteiger partial charge in [-0.1, -0.05) is 24.1 Å². The zero-order chi connectivity index (χ0) is 12.7. The van der Waals surface area contributed by atoms with Gasteiger partial charge in [0.2, 0.25) is 0 Å². The number of nitrogens with zero attached hydrogens (tertiary/aromatic N) is 1. The lowest BCUT2D eigenvalue weighted by Crippen LogP contribution is -2.20. The highest BCUT2D eigenvalue weighted by Gasteiger charge is 2.11. The van der Waals surface area contributed by atoms with E-state index >= 15 is 0 Å². The van der Waals surface area contributed by atoms with Gasteiger partial charge in [-0.15, -0.1) is 0 Å². The average molecular weight is 245 g/mol. The first kappa shape index (κ1) is 15.2. The molecule has 0 radical (unpaired) electrons. The molecule has 92 valence electrons. The summed E-state index contributed by atoms with van der Waals surface area (Å²) in [5, 5.41) is 0.751. The van der Waals surface area contributed by atoms with Crippen molar-refractivity contribution in [1.29, 1.82) is 0 Å². The Kier molecular flexibility index (Phi) is 7.10. The van der Waals surface area contributed by atoms with Crippen molar-refractivity contribution in [2.45, 2.75) is 27.2 Å². The summed E-state index contributed by atoms with van der Waals surface area (Å²) in [7, 11) is 3.28. The average Bonchev–Trinajstić information content (AvgIpc) is 2.32. The molecule has 0 rings (SSSR count). The van der Waals surface area contributed by atoms with E-state index < -0.39 is 0 Å². The minimum absolute atomic E-state index is 0.419. The molecule has 0 saturated heterocycles. The van der Waals surface area contributed by atoms with Gasteiger partial charge >= 0.3 is 0 Å². The first-order valence-electron chi connectivity index (χ1n) is 5.26. The van der Waals surface area contributed by atoms with Crippen LogP contribution in [0, 0.1) is 0 Å². The monoisotopic (exact) mass is 244 g/mol. The van der Waals surface area contributed by atoms with Crippen molar-refractivity contribution in [1.82, 2.24) is 0 Å². The van der Waals surface area contributed by atoms with Crippen LogP contribution in [-0.2, 0) is 4.74 Å². The van der Waals surface area contributed by atoms with E-state index in [9.17, 15) is 0 Å². The predicted molar refractivity (Wildman–Crippen MR) is 71.0 cm³/mol. The Morgan fingerprint density at radius 1 is 1.38 bits per heavy atom. The molecule has 16 heavy (non-hydrogen) atoms. The molecule has 0 spiro atoms. The van der Waals surface area contributed by atoms with Crippen LogP contribution in [0.2, 0.25) is 0 Å². The summed E-state index contributed by atoms with van der Waals surface area (Å²) in [5.41, 5.74) is 8.74. The quantitative estimate of drug-likeness (QED) is 0.459. The predicted octanol–water partition coefficient (Wildman–Crippen LogP) is 2.86. The molecule has 0 amide bonds. The maximum absolute atomic E-state index is 6.27. The molecule has 0 unspecified atom stereocenters. The van der Waals surface area contributed by atoms with Crippen LogP contribution in [0.1, 0.15) is 27.2 Å². The second kappa shape index (κ2) is 7.47. The third kappa shape index (κ3) is 3.99. The Morgan fingerprint density at radius 3 is 2.31 bits per heavy atom. The minimum atomic E-state index is 0.419. The Balaban J connectivity index is 5.44. The van der Waals surface area contributed by atoms with Crippen molar-refractivity contribution >= 4 is 17.4 Å². The lowest BCUT2D eigenvalue weighted by molar-refractivity contribution is 0.229. The number of hydrogen-bond donors (Lipinski definition) is 1. The van der Waals surface area contributed by atoms with E-state index in [0.29, 0.717) is 12.4 Å². The number of methoxy groups -OCH3 is 1. The molecule has 2 N–H and O–H groups in total. The van der Waals surface area contributed by atoms with Gasteiger partial charge in [-0.3, -0.25) is 4.99 Å². The molecule has 0 aromatic rings. The summed E-state index contributed by atoms with van der Waals surface area (Å²) in [6.45, 7) is 6.43. The molecule has 0 aliphatic heterocycles. The lowest BCUT2D eigenvalue weighted by atomic mass is 10.1. The first-order valence-corrected chi connectivity index (χ1v) is 5.64. The molecule has 0 bridgehead atoms. The minimum Gasteiger partial charge on any atom is -0.384 e. The zero-order valence-corrected chi connectivity index (χ0v) is 11.5. The molecule has 0 aliphatic carbocycles. The van der Waals surface area contributed by atoms with Gasteiger partial charge in [0, 0.05) is 24.8 Å². The summed E-state index contributed by atoms with van der Waals surface area (Å²) in [6, 6.07) is 0. The van der Waals surface area contributed by atoms with Crippen molar-refractivity contribution in [3.8, 4) is 0 Å². The fourth-order valence-electron chi connectivity index (χ4n) is 1.26. The highest BCUT2D eigenvalue weighted by molar-refractivity contribution is 6.32. The van der Waals surface area contributed by atoms with E-state index in [1.165, 1.54) is 0 Å². The van der Waals surface area contributed by atoms with E-state index in [4.69, 9.17) is 22.1 Å². The van der Waals surface area contributed by atoms with Gasteiger partial charge in [0.25, 0.3) is 0 Å². The maximum Gasteiger partial charge on any atom is 0.123 e. The van der Waals surface area contributed by atoms with Gasteiger partial charge in [0.1, 0.15) is 5.84 Å². The van der Waals surface area contributed by atoms with E-state index in [-0.39, 0.29) is 0 Å². The summed E-state index contributed by atoms with van der Waals surface area (Å²) < 4.78 is 5.11. The summed E-state index contributed by atoms with van der Waals surface area (Å²) in [6.07, 6.45) is 0.916. The molecular formula is C12H21ClN2O. The van der Waals surface area contributed by atoms with Crippen molar-refractivity contribution in [2.75, 3.05) is 20.8 Å². The van der Waals surface area contributed by atoms with Crippen LogP contribution >= 0.6 is 11.6 Å². The van der Waals surface area contributed by atoms with E-state index in [0.717, 1.165) is 28.2 Å². The van der Waals surface area contributed by atoms with Gasteiger partial charge in [-0.2, -0.15) is 0 Å². The summed E-state index contributed by atoms with van der Waals surface area (Å²) in [5.74, 6) is 0.474. The van der Waals surface area contributed by atoms with Crippen LogP contribution in [0.4, 0.5) is 0 Å². The molecule has 0 atom stereocenters. The Labute approximate surface area is 103 Å². The first-order chi connectivity index (χ1) is 7.49. The SMILES string of the molecule is CC/C(C)=C(Cl)/C(C)=C(COC)\C(N)=N/C. The number of allylic oxidation sites excluding steroid dienone is 3. The van der Waals surface area contributed by atoms with Gasteiger partial charge in [0.05, 0.1) is 6.61 Å². The van der Waals surface area contributed by atoms with Gasteiger partial charge in [-0.25, -0.2) is 0 Å². The second-order valence-corrected chi connectivity index (χ2v) is 3.97. The Hall–Kier alpha value is -0.800. The number of nitrogens with two attached hydrogens (primary N) is 1. The fourth-order valence-corrected chi connectivity index (χ4v) is 1.51. The smallest absolute Gasteiger partial charge is 0.123 e. The van der Waals surface area contributed by atoms with E-state index in [1.807, 2.05) is 13.8 Å². The molecule has 0 aromatic carbocycles. The second-order valence-electron chi connectivity index (χ2n) is 3.59. The fraction of sp³-hybridized carbons (Fsp3) is 0.583. The third-order valence-corrected chi connectivity index (χ3v) is 3.13. The van der Waals surface area contributed by atoms with Crippen LogP contribution in [0.5, 0.6) is 0 Å². The van der Waals surface area contributed by atoms with Crippen LogP contribution in [-0.4, -0.2) is 26.6 Å². The number of rotatable bonds is 5. The molecule has 0 aliphatic rings. The molecule has 3 nitrogen and oxygen atoms in total. The van der Waals surface area contributed by atoms with Crippen LogP contribution in [0.3, 0.4) is 0 Å². The van der Waals surface area contributed by atoms with Crippen molar-refractivity contribution in [3.63, 3.8) is 0 Å². The van der Waals surface area contributed by atoms with Crippen molar-refractivity contribution in [3.05, 3.63) is 21.8 Å². The molecular weight excluding hydrogens is 224 g/mol. The number of halogens is 1. The molecule has 0 aromatic heterocycles.